The number of anilines is 2. The Labute approximate surface area is 198 Å². The van der Waals surface area contributed by atoms with Crippen molar-refractivity contribution in [2.45, 2.75) is 31.7 Å². The summed E-state index contributed by atoms with van der Waals surface area (Å²) in [5.74, 6) is 1.02. The van der Waals surface area contributed by atoms with Crippen LogP contribution in [0.3, 0.4) is 0 Å². The Morgan fingerprint density at radius 2 is 1.59 bits per heavy atom. The molecule has 0 bridgehead atoms. The van der Waals surface area contributed by atoms with E-state index in [0.717, 1.165) is 21.9 Å². The van der Waals surface area contributed by atoms with E-state index in [1.165, 1.54) is 11.0 Å². The van der Waals surface area contributed by atoms with E-state index in [9.17, 15) is 13.2 Å². The fraction of sp³-hybridized carbons (Fsp3) is 0.154. The van der Waals surface area contributed by atoms with Crippen LogP contribution in [0.5, 0.6) is 0 Å². The predicted octanol–water partition coefficient (Wildman–Crippen LogP) is 5.55. The van der Waals surface area contributed by atoms with Crippen molar-refractivity contribution in [3.63, 3.8) is 0 Å². The lowest BCUT2D eigenvalue weighted by Gasteiger charge is -2.36. The van der Waals surface area contributed by atoms with Gasteiger partial charge >= 0.3 is 6.03 Å². The smallest absolute Gasteiger partial charge is 0.343 e. The molecule has 0 unspecified atom stereocenters. The number of carbonyl (C=O) groups excluding carboxylic acids is 1. The first-order valence-electron chi connectivity index (χ1n) is 11.0. The second-order valence-corrected chi connectivity index (χ2v) is 9.77. The van der Waals surface area contributed by atoms with Crippen molar-refractivity contribution >= 4 is 27.4 Å². The molecule has 1 aliphatic heterocycles. The number of urea groups is 1. The third kappa shape index (κ3) is 3.66. The molecule has 3 aromatic carbocycles. The Hall–Kier alpha value is -3.91. The minimum Gasteiger partial charge on any atom is -0.441 e. The summed E-state index contributed by atoms with van der Waals surface area (Å²) in [7, 11) is -4.08. The largest absolute Gasteiger partial charge is 0.441 e. The second kappa shape index (κ2) is 8.46. The molecule has 7 nitrogen and oxygen atoms in total. The van der Waals surface area contributed by atoms with Crippen LogP contribution in [0, 0.1) is 6.92 Å². The third-order valence-corrected chi connectivity index (χ3v) is 7.63. The van der Waals surface area contributed by atoms with Crippen LogP contribution < -0.4 is 9.21 Å². The van der Waals surface area contributed by atoms with Crippen molar-refractivity contribution < 1.29 is 17.6 Å². The van der Waals surface area contributed by atoms with Gasteiger partial charge in [-0.05, 0) is 55.3 Å². The van der Waals surface area contributed by atoms with E-state index in [1.54, 1.807) is 37.3 Å². The number of benzene rings is 3. The highest BCUT2D eigenvalue weighted by molar-refractivity contribution is 7.94. The number of amides is 2. The average Bonchev–Trinajstić information content (AvgIpc) is 3.23. The molecule has 172 valence electrons. The molecular formula is C26H23N3O4S. The maximum atomic E-state index is 13.7. The lowest BCUT2D eigenvalue weighted by molar-refractivity contribution is 0.253. The molecule has 0 atom stereocenters. The summed E-state index contributed by atoms with van der Waals surface area (Å²) in [6.45, 7) is 3.86. The van der Waals surface area contributed by atoms with Gasteiger partial charge in [-0.2, -0.15) is 4.31 Å². The molecule has 4 aromatic rings. The summed E-state index contributed by atoms with van der Waals surface area (Å²) in [4.78, 5) is 19.8. The van der Waals surface area contributed by atoms with Crippen LogP contribution in [0.4, 0.5) is 16.2 Å². The topological polar surface area (TPSA) is 83.7 Å². The summed E-state index contributed by atoms with van der Waals surface area (Å²) >= 11 is 0. The number of sulfonamides is 1. The van der Waals surface area contributed by atoms with Crippen LogP contribution in [0.1, 0.15) is 23.9 Å². The zero-order chi connectivity index (χ0) is 23.9. The number of oxazole rings is 1. The minimum absolute atomic E-state index is 0.0665. The maximum absolute atomic E-state index is 13.7. The first kappa shape index (κ1) is 21.9. The molecule has 1 aliphatic rings. The summed E-state index contributed by atoms with van der Waals surface area (Å²) < 4.78 is 33.7. The Bertz CT molecular complexity index is 1460. The van der Waals surface area contributed by atoms with E-state index in [2.05, 4.69) is 4.98 Å². The van der Waals surface area contributed by atoms with Gasteiger partial charge in [0, 0.05) is 5.56 Å². The van der Waals surface area contributed by atoms with Crippen molar-refractivity contribution in [2.75, 3.05) is 9.21 Å². The third-order valence-electron chi connectivity index (χ3n) is 5.88. The number of hydrogen-bond acceptors (Lipinski definition) is 5. The molecule has 0 N–H and O–H groups in total. The van der Waals surface area contributed by atoms with Gasteiger partial charge in [-0.3, -0.25) is 4.90 Å². The lowest BCUT2D eigenvalue weighted by Crippen LogP contribution is -2.50. The van der Waals surface area contributed by atoms with E-state index < -0.39 is 16.1 Å². The highest BCUT2D eigenvalue weighted by atomic mass is 32.2. The molecule has 0 spiro atoms. The number of nitrogens with zero attached hydrogens (tertiary/aromatic N) is 3. The molecular weight excluding hydrogens is 450 g/mol. The van der Waals surface area contributed by atoms with Gasteiger partial charge in [-0.1, -0.05) is 49.4 Å². The van der Waals surface area contributed by atoms with Gasteiger partial charge < -0.3 is 4.42 Å². The fourth-order valence-corrected chi connectivity index (χ4v) is 5.60. The van der Waals surface area contributed by atoms with Crippen molar-refractivity contribution in [3.8, 4) is 11.5 Å². The Morgan fingerprint density at radius 1 is 0.912 bits per heavy atom. The van der Waals surface area contributed by atoms with Crippen LogP contribution in [-0.2, 0) is 23.0 Å². The molecule has 0 radical (unpaired) electrons. The molecule has 5 rings (SSSR count). The SMILES string of the molecule is CCc1ccc(N2C(=O)N(Cc3nc(-c4ccccc4)oc3C)c3ccccc3S2(=O)=O)cc1. The average molecular weight is 474 g/mol. The van der Waals surface area contributed by atoms with E-state index in [-0.39, 0.29) is 11.4 Å². The van der Waals surface area contributed by atoms with E-state index in [0.29, 0.717) is 28.7 Å². The monoisotopic (exact) mass is 473 g/mol. The zero-order valence-corrected chi connectivity index (χ0v) is 19.6. The van der Waals surface area contributed by atoms with Gasteiger partial charge in [-0.15, -0.1) is 0 Å². The van der Waals surface area contributed by atoms with Crippen molar-refractivity contribution in [1.29, 1.82) is 0 Å². The van der Waals surface area contributed by atoms with Crippen LogP contribution in [0.2, 0.25) is 0 Å². The van der Waals surface area contributed by atoms with Gasteiger partial charge in [0.15, 0.2) is 0 Å². The molecule has 0 fully saturated rings. The van der Waals surface area contributed by atoms with Crippen LogP contribution in [0.15, 0.2) is 88.2 Å². The highest BCUT2D eigenvalue weighted by Crippen LogP contribution is 2.38. The summed E-state index contributed by atoms with van der Waals surface area (Å²) in [5.41, 5.74) is 3.04. The number of aryl methyl sites for hydroxylation is 2. The molecule has 1 aromatic heterocycles. The van der Waals surface area contributed by atoms with E-state index in [1.807, 2.05) is 49.4 Å². The number of fused-ring (bicyclic) bond motifs is 1. The molecule has 34 heavy (non-hydrogen) atoms. The molecule has 0 saturated carbocycles. The zero-order valence-electron chi connectivity index (χ0n) is 18.8. The van der Waals surface area contributed by atoms with E-state index >= 15 is 0 Å². The number of hydrogen-bond donors (Lipinski definition) is 0. The maximum Gasteiger partial charge on any atom is 0.343 e. The quantitative estimate of drug-likeness (QED) is 0.380. The Morgan fingerprint density at radius 3 is 2.29 bits per heavy atom. The Balaban J connectivity index is 1.58. The Kier molecular flexibility index (Phi) is 5.45. The number of rotatable bonds is 5. The van der Waals surface area contributed by atoms with Gasteiger partial charge in [0.1, 0.15) is 16.3 Å². The van der Waals surface area contributed by atoms with E-state index in [4.69, 9.17) is 4.42 Å². The standard InChI is InChI=1S/C26H23N3O4S/c1-3-19-13-15-21(16-14-19)29-26(30)28(23-11-7-8-12-24(23)34(29,31)32)17-22-18(2)33-25(27-22)20-9-5-4-6-10-20/h4-16H,3,17H2,1-2H3. The molecule has 0 aliphatic carbocycles. The van der Waals surface area contributed by atoms with Gasteiger partial charge in [0.25, 0.3) is 10.0 Å². The summed E-state index contributed by atoms with van der Waals surface area (Å²) in [5, 5.41) is 0. The van der Waals surface area contributed by atoms with Crippen LogP contribution in [-0.4, -0.2) is 19.4 Å². The summed E-state index contributed by atoms with van der Waals surface area (Å²) in [6.07, 6.45) is 0.811. The molecule has 2 heterocycles. The first-order chi connectivity index (χ1) is 16.4. The second-order valence-electron chi connectivity index (χ2n) is 8.01. The first-order valence-corrected chi connectivity index (χ1v) is 12.4. The summed E-state index contributed by atoms with van der Waals surface area (Å²) in [6, 6.07) is 22.3. The van der Waals surface area contributed by atoms with Crippen molar-refractivity contribution in [3.05, 3.63) is 95.9 Å². The van der Waals surface area contributed by atoms with Gasteiger partial charge in [0.05, 0.1) is 17.9 Å². The van der Waals surface area contributed by atoms with Crippen molar-refractivity contribution in [1.82, 2.24) is 4.98 Å². The van der Waals surface area contributed by atoms with Gasteiger partial charge in [-0.25, -0.2) is 18.2 Å². The predicted molar refractivity (Wildman–Crippen MR) is 130 cm³/mol. The normalized spacial score (nSPS) is 14.8. The number of para-hydroxylation sites is 1. The van der Waals surface area contributed by atoms with Crippen molar-refractivity contribution in [2.24, 2.45) is 0 Å². The number of carbonyl (C=O) groups is 1. The van der Waals surface area contributed by atoms with Gasteiger partial charge in [0.2, 0.25) is 5.89 Å². The fourth-order valence-electron chi connectivity index (χ4n) is 4.01. The molecule has 0 saturated heterocycles. The lowest BCUT2D eigenvalue weighted by atomic mass is 10.1. The minimum atomic E-state index is -4.08. The van der Waals surface area contributed by atoms with Crippen LogP contribution >= 0.6 is 0 Å². The highest BCUT2D eigenvalue weighted by Gasteiger charge is 2.42. The van der Waals surface area contributed by atoms with Crippen LogP contribution in [0.25, 0.3) is 11.5 Å². The number of aromatic nitrogens is 1. The molecule has 8 heteroatoms. The molecule has 2 amide bonds.